The molecule has 0 bridgehead atoms. The zero-order chi connectivity index (χ0) is 21.1. The minimum absolute atomic E-state index is 0.257. The van der Waals surface area contributed by atoms with Crippen molar-refractivity contribution in [1.82, 2.24) is 24.2 Å². The van der Waals surface area contributed by atoms with E-state index in [-0.39, 0.29) is 5.82 Å². The van der Waals surface area contributed by atoms with Crippen LogP contribution in [0.1, 0.15) is 17.0 Å². The van der Waals surface area contributed by atoms with Crippen LogP contribution in [-0.2, 0) is 13.1 Å². The highest BCUT2D eigenvalue weighted by atomic mass is 19.1. The molecule has 0 unspecified atom stereocenters. The van der Waals surface area contributed by atoms with Crippen molar-refractivity contribution in [2.75, 3.05) is 13.6 Å². The van der Waals surface area contributed by atoms with Gasteiger partial charge in [-0.15, -0.1) is 0 Å². The average molecular weight is 404 g/mol. The summed E-state index contributed by atoms with van der Waals surface area (Å²) in [6.45, 7) is 6.52. The largest absolute Gasteiger partial charge is 0.334 e. The number of imidazole rings is 1. The first-order chi connectivity index (χ1) is 14.5. The Morgan fingerprint density at radius 1 is 1.07 bits per heavy atom. The van der Waals surface area contributed by atoms with Gasteiger partial charge < -0.3 is 9.47 Å². The van der Waals surface area contributed by atoms with Gasteiger partial charge in [0, 0.05) is 49.4 Å². The van der Waals surface area contributed by atoms with E-state index in [4.69, 9.17) is 5.10 Å². The molecular weight excluding hydrogens is 377 g/mol. The first kappa shape index (κ1) is 20.0. The van der Waals surface area contributed by atoms with E-state index in [0.717, 1.165) is 41.4 Å². The average Bonchev–Trinajstić information content (AvgIpc) is 3.32. The second kappa shape index (κ2) is 8.63. The van der Waals surface area contributed by atoms with Crippen molar-refractivity contribution in [1.29, 1.82) is 0 Å². The molecular formula is C24H26FN5. The fraction of sp³-hybridized carbons (Fsp3) is 0.250. The molecule has 0 N–H and O–H groups in total. The Morgan fingerprint density at radius 2 is 1.90 bits per heavy atom. The highest BCUT2D eigenvalue weighted by Crippen LogP contribution is 2.25. The summed E-state index contributed by atoms with van der Waals surface area (Å²) in [5.74, 6) is 0.753. The predicted molar refractivity (Wildman–Crippen MR) is 117 cm³/mol. The van der Waals surface area contributed by atoms with E-state index in [9.17, 15) is 4.39 Å². The van der Waals surface area contributed by atoms with E-state index >= 15 is 0 Å². The Kier molecular flexibility index (Phi) is 5.77. The molecule has 0 aliphatic heterocycles. The van der Waals surface area contributed by atoms with Crippen LogP contribution >= 0.6 is 0 Å². The summed E-state index contributed by atoms with van der Waals surface area (Å²) >= 11 is 0. The number of aromatic nitrogens is 4. The third kappa shape index (κ3) is 4.49. The molecule has 30 heavy (non-hydrogen) atoms. The summed E-state index contributed by atoms with van der Waals surface area (Å²) in [5, 5.41) is 4.82. The number of hydrogen-bond donors (Lipinski definition) is 0. The van der Waals surface area contributed by atoms with Crippen molar-refractivity contribution in [2.45, 2.75) is 26.9 Å². The first-order valence-electron chi connectivity index (χ1n) is 10.1. The fourth-order valence-electron chi connectivity index (χ4n) is 3.60. The molecule has 0 saturated carbocycles. The highest BCUT2D eigenvalue weighted by molar-refractivity contribution is 5.63. The molecule has 0 fully saturated rings. The summed E-state index contributed by atoms with van der Waals surface area (Å²) in [4.78, 5) is 6.53. The van der Waals surface area contributed by atoms with Crippen molar-refractivity contribution in [3.05, 3.63) is 89.9 Å². The number of halogens is 1. The van der Waals surface area contributed by atoms with Crippen LogP contribution in [0.3, 0.4) is 0 Å². The third-order valence-electron chi connectivity index (χ3n) is 5.24. The maximum Gasteiger partial charge on any atom is 0.123 e. The number of benzene rings is 2. The second-order valence-electron chi connectivity index (χ2n) is 7.70. The monoisotopic (exact) mass is 403 g/mol. The highest BCUT2D eigenvalue weighted by Gasteiger charge is 2.15. The molecule has 0 radical (unpaired) electrons. The van der Waals surface area contributed by atoms with Crippen LogP contribution in [0, 0.1) is 19.7 Å². The van der Waals surface area contributed by atoms with Gasteiger partial charge in [0.05, 0.1) is 11.4 Å². The van der Waals surface area contributed by atoms with E-state index in [2.05, 4.69) is 40.6 Å². The van der Waals surface area contributed by atoms with Crippen molar-refractivity contribution in [3.63, 3.8) is 0 Å². The molecule has 2 heterocycles. The van der Waals surface area contributed by atoms with E-state index in [1.165, 1.54) is 11.6 Å². The molecule has 4 rings (SSSR count). The van der Waals surface area contributed by atoms with Crippen LogP contribution < -0.4 is 0 Å². The Morgan fingerprint density at radius 3 is 2.63 bits per heavy atom. The third-order valence-corrected chi connectivity index (χ3v) is 5.24. The summed E-state index contributed by atoms with van der Waals surface area (Å²) in [5.41, 5.74) is 4.82. The molecule has 0 amide bonds. The lowest BCUT2D eigenvalue weighted by Gasteiger charge is -2.17. The maximum atomic E-state index is 13.9. The standard InChI is InChI=1S/C24H26FN5/c1-18-6-4-9-23(14-18)30-17-21(24(27-30)20-7-5-8-22(25)15-20)16-28(3)12-13-29-11-10-26-19(29)2/h4-11,14-15,17H,12-13,16H2,1-3H3. The van der Waals surface area contributed by atoms with Crippen LogP contribution in [0.5, 0.6) is 0 Å². The molecule has 0 aliphatic carbocycles. The molecule has 0 saturated heterocycles. The zero-order valence-electron chi connectivity index (χ0n) is 17.6. The van der Waals surface area contributed by atoms with Gasteiger partial charge in [0.15, 0.2) is 0 Å². The lowest BCUT2D eigenvalue weighted by molar-refractivity contribution is 0.310. The van der Waals surface area contributed by atoms with E-state index in [0.29, 0.717) is 6.54 Å². The molecule has 2 aromatic carbocycles. The Labute approximate surface area is 176 Å². The summed E-state index contributed by atoms with van der Waals surface area (Å²) in [6, 6.07) is 14.8. The molecule has 4 aromatic rings. The maximum absolute atomic E-state index is 13.9. The summed E-state index contributed by atoms with van der Waals surface area (Å²) in [7, 11) is 2.09. The number of hydrogen-bond acceptors (Lipinski definition) is 3. The molecule has 0 atom stereocenters. The van der Waals surface area contributed by atoms with Crippen LogP contribution in [0.4, 0.5) is 4.39 Å². The van der Waals surface area contributed by atoms with Crippen molar-refractivity contribution in [3.8, 4) is 16.9 Å². The lowest BCUT2D eigenvalue weighted by atomic mass is 10.1. The van der Waals surface area contributed by atoms with Gasteiger partial charge in [0.2, 0.25) is 0 Å². The van der Waals surface area contributed by atoms with Crippen molar-refractivity contribution >= 4 is 0 Å². The number of aryl methyl sites for hydroxylation is 2. The number of rotatable bonds is 7. The molecule has 0 spiro atoms. The lowest BCUT2D eigenvalue weighted by Crippen LogP contribution is -2.23. The fourth-order valence-corrected chi connectivity index (χ4v) is 3.60. The molecule has 154 valence electrons. The van der Waals surface area contributed by atoms with Gasteiger partial charge in [0.1, 0.15) is 11.6 Å². The van der Waals surface area contributed by atoms with Gasteiger partial charge >= 0.3 is 0 Å². The molecule has 2 aromatic heterocycles. The first-order valence-corrected chi connectivity index (χ1v) is 10.1. The Bertz CT molecular complexity index is 1140. The zero-order valence-corrected chi connectivity index (χ0v) is 17.6. The molecule has 5 nitrogen and oxygen atoms in total. The van der Waals surface area contributed by atoms with E-state index in [1.807, 2.05) is 48.4 Å². The Hall–Kier alpha value is -3.25. The topological polar surface area (TPSA) is 38.9 Å². The van der Waals surface area contributed by atoms with Gasteiger partial charge in [-0.05, 0) is 50.7 Å². The molecule has 0 aliphatic rings. The molecule has 6 heteroatoms. The second-order valence-corrected chi connectivity index (χ2v) is 7.70. The summed E-state index contributed by atoms with van der Waals surface area (Å²) < 4.78 is 17.9. The smallest absolute Gasteiger partial charge is 0.123 e. The minimum atomic E-state index is -0.257. The van der Waals surface area contributed by atoms with Crippen LogP contribution in [-0.4, -0.2) is 37.8 Å². The number of likely N-dealkylation sites (N-methyl/N-ethyl adjacent to an activating group) is 1. The normalized spacial score (nSPS) is 11.4. The Balaban J connectivity index is 1.62. The van der Waals surface area contributed by atoms with Crippen LogP contribution in [0.25, 0.3) is 16.9 Å². The number of nitrogens with zero attached hydrogens (tertiary/aromatic N) is 5. The van der Waals surface area contributed by atoms with Crippen molar-refractivity contribution in [2.24, 2.45) is 0 Å². The van der Waals surface area contributed by atoms with Crippen LogP contribution in [0.2, 0.25) is 0 Å². The van der Waals surface area contributed by atoms with E-state index < -0.39 is 0 Å². The van der Waals surface area contributed by atoms with Gasteiger partial charge in [0.25, 0.3) is 0 Å². The minimum Gasteiger partial charge on any atom is -0.334 e. The predicted octanol–water partition coefficient (Wildman–Crippen LogP) is 4.62. The van der Waals surface area contributed by atoms with Gasteiger partial charge in [-0.1, -0.05) is 24.3 Å². The van der Waals surface area contributed by atoms with Crippen molar-refractivity contribution < 1.29 is 4.39 Å². The van der Waals surface area contributed by atoms with Crippen LogP contribution in [0.15, 0.2) is 67.1 Å². The van der Waals surface area contributed by atoms with E-state index in [1.54, 1.807) is 12.1 Å². The summed E-state index contributed by atoms with van der Waals surface area (Å²) in [6.07, 6.45) is 5.87. The van der Waals surface area contributed by atoms with Gasteiger partial charge in [-0.25, -0.2) is 14.1 Å². The SMILES string of the molecule is Cc1cccc(-n2cc(CN(C)CCn3ccnc3C)c(-c3cccc(F)c3)n2)c1. The quantitative estimate of drug-likeness (QED) is 0.452. The van der Waals surface area contributed by atoms with Gasteiger partial charge in [-0.3, -0.25) is 0 Å². The van der Waals surface area contributed by atoms with Gasteiger partial charge in [-0.2, -0.15) is 5.10 Å².